The molecule has 0 aliphatic heterocycles. The van der Waals surface area contributed by atoms with Gasteiger partial charge in [-0.1, -0.05) is 29.8 Å². The predicted octanol–water partition coefficient (Wildman–Crippen LogP) is 1.82. The molecule has 11 heavy (non-hydrogen) atoms. The maximum atomic E-state index is 7.05. The number of nitrogens with two attached hydrogens (primary N) is 1. The van der Waals surface area contributed by atoms with Crippen molar-refractivity contribution in [3.05, 3.63) is 34.9 Å². The van der Waals surface area contributed by atoms with E-state index in [1.54, 1.807) is 6.07 Å². The Hall–Kier alpha value is -1.02. The maximum Gasteiger partial charge on any atom is 0.0950 e. The molecule has 2 nitrogen and oxygen atoms in total. The van der Waals surface area contributed by atoms with E-state index < -0.39 is 0 Å². The van der Waals surface area contributed by atoms with Gasteiger partial charge in [-0.25, -0.2) is 0 Å². The Kier molecular flexibility index (Phi) is 2.49. The van der Waals surface area contributed by atoms with E-state index in [0.29, 0.717) is 11.4 Å². The van der Waals surface area contributed by atoms with Crippen LogP contribution in [0.2, 0.25) is 5.02 Å². The first-order valence-corrected chi connectivity index (χ1v) is 3.64. The van der Waals surface area contributed by atoms with Crippen molar-refractivity contribution >= 4 is 17.4 Å². The van der Waals surface area contributed by atoms with E-state index in [9.17, 15) is 0 Å². The Morgan fingerprint density at radius 1 is 1.45 bits per heavy atom. The van der Waals surface area contributed by atoms with Crippen molar-refractivity contribution in [2.24, 2.45) is 5.73 Å². The highest BCUT2D eigenvalue weighted by molar-refractivity contribution is 6.31. The molecule has 1 rings (SSSR count). The number of halogens is 1. The van der Waals surface area contributed by atoms with Crippen LogP contribution in [0, 0.1) is 5.41 Å². The summed E-state index contributed by atoms with van der Waals surface area (Å²) >= 11 is 5.82. The Labute approximate surface area is 70.5 Å². The molecule has 0 amide bonds. The molecule has 0 radical (unpaired) electrons. The lowest BCUT2D eigenvalue weighted by molar-refractivity contribution is 1.25. The van der Waals surface area contributed by atoms with E-state index in [-0.39, 0.29) is 5.84 Å². The van der Waals surface area contributed by atoms with Gasteiger partial charge in [0, 0.05) is 11.4 Å². The molecule has 0 aliphatic rings. The molecule has 0 aliphatic carbocycles. The highest BCUT2D eigenvalue weighted by Gasteiger charge is 1.98. The summed E-state index contributed by atoms with van der Waals surface area (Å²) in [4.78, 5) is 0. The third-order valence-electron chi connectivity index (χ3n) is 1.34. The molecule has 0 unspecified atom stereocenters. The van der Waals surface area contributed by atoms with Crippen molar-refractivity contribution in [3.63, 3.8) is 0 Å². The molecule has 0 fully saturated rings. The van der Waals surface area contributed by atoms with E-state index in [4.69, 9.17) is 22.7 Å². The van der Waals surface area contributed by atoms with Crippen molar-refractivity contribution in [1.82, 2.24) is 0 Å². The summed E-state index contributed by atoms with van der Waals surface area (Å²) in [6.45, 7) is 0. The normalized spacial score (nSPS) is 9.55. The summed E-state index contributed by atoms with van der Waals surface area (Å²) in [5.74, 6) is 0.137. The van der Waals surface area contributed by atoms with E-state index in [0.717, 1.165) is 5.56 Å². The zero-order chi connectivity index (χ0) is 8.27. The second-order valence-electron chi connectivity index (χ2n) is 2.29. The zero-order valence-electron chi connectivity index (χ0n) is 5.97. The number of hydrogen-bond donors (Lipinski definition) is 2. The average Bonchev–Trinajstić information content (AvgIpc) is 1.93. The quantitative estimate of drug-likeness (QED) is 0.514. The summed E-state index contributed by atoms with van der Waals surface area (Å²) in [6.07, 6.45) is 0.430. The van der Waals surface area contributed by atoms with Crippen LogP contribution >= 0.6 is 11.6 Å². The van der Waals surface area contributed by atoms with Crippen LogP contribution in [0.1, 0.15) is 5.56 Å². The molecule has 0 atom stereocenters. The van der Waals surface area contributed by atoms with Crippen LogP contribution in [-0.4, -0.2) is 5.84 Å². The average molecular weight is 169 g/mol. The monoisotopic (exact) mass is 168 g/mol. The van der Waals surface area contributed by atoms with Crippen LogP contribution in [0.5, 0.6) is 0 Å². The van der Waals surface area contributed by atoms with Crippen LogP contribution in [0.3, 0.4) is 0 Å². The number of amidine groups is 1. The zero-order valence-corrected chi connectivity index (χ0v) is 6.73. The smallest absolute Gasteiger partial charge is 0.0950 e. The van der Waals surface area contributed by atoms with Crippen molar-refractivity contribution < 1.29 is 0 Å². The largest absolute Gasteiger partial charge is 0.387 e. The second kappa shape index (κ2) is 3.39. The fourth-order valence-corrected chi connectivity index (χ4v) is 1.05. The predicted molar refractivity (Wildman–Crippen MR) is 47.1 cm³/mol. The highest BCUT2D eigenvalue weighted by Crippen LogP contribution is 2.14. The fourth-order valence-electron chi connectivity index (χ4n) is 0.847. The van der Waals surface area contributed by atoms with Crippen LogP contribution < -0.4 is 5.73 Å². The van der Waals surface area contributed by atoms with Gasteiger partial charge < -0.3 is 5.73 Å². The SMILES string of the molecule is N=C(N)Cc1ccccc1Cl. The Bertz CT molecular complexity index is 271. The van der Waals surface area contributed by atoms with Gasteiger partial charge in [0.25, 0.3) is 0 Å². The van der Waals surface area contributed by atoms with Gasteiger partial charge in [0.05, 0.1) is 5.84 Å². The van der Waals surface area contributed by atoms with E-state index in [1.807, 2.05) is 18.2 Å². The van der Waals surface area contributed by atoms with Crippen LogP contribution in [-0.2, 0) is 6.42 Å². The number of benzene rings is 1. The molecule has 0 saturated heterocycles. The van der Waals surface area contributed by atoms with Crippen molar-refractivity contribution in [2.75, 3.05) is 0 Å². The lowest BCUT2D eigenvalue weighted by Gasteiger charge is -2.00. The van der Waals surface area contributed by atoms with Crippen molar-refractivity contribution in [1.29, 1.82) is 5.41 Å². The van der Waals surface area contributed by atoms with Crippen molar-refractivity contribution in [2.45, 2.75) is 6.42 Å². The summed E-state index contributed by atoms with van der Waals surface area (Å²) in [7, 11) is 0. The Morgan fingerprint density at radius 3 is 2.64 bits per heavy atom. The van der Waals surface area contributed by atoms with Gasteiger partial charge in [0.2, 0.25) is 0 Å². The van der Waals surface area contributed by atoms with E-state index >= 15 is 0 Å². The first kappa shape index (κ1) is 8.08. The highest BCUT2D eigenvalue weighted by atomic mass is 35.5. The lowest BCUT2D eigenvalue weighted by atomic mass is 10.1. The van der Waals surface area contributed by atoms with Gasteiger partial charge in [0.1, 0.15) is 0 Å². The molecule has 3 heteroatoms. The summed E-state index contributed by atoms with van der Waals surface area (Å²) in [5.41, 5.74) is 6.12. The molecule has 0 spiro atoms. The molecule has 1 aromatic rings. The third-order valence-corrected chi connectivity index (χ3v) is 1.71. The standard InChI is InChI=1S/C8H9ClN2/c9-7-4-2-1-3-6(7)5-8(10)11/h1-4H,5H2,(H3,10,11). The number of rotatable bonds is 2. The second-order valence-corrected chi connectivity index (χ2v) is 2.70. The minimum absolute atomic E-state index is 0.137. The molecule has 0 bridgehead atoms. The first-order chi connectivity index (χ1) is 5.20. The lowest BCUT2D eigenvalue weighted by Crippen LogP contribution is -2.12. The van der Waals surface area contributed by atoms with Gasteiger partial charge in [-0.05, 0) is 11.6 Å². The van der Waals surface area contributed by atoms with Gasteiger partial charge in [-0.3, -0.25) is 5.41 Å². The fraction of sp³-hybridized carbons (Fsp3) is 0.125. The molecule has 1 aromatic carbocycles. The van der Waals surface area contributed by atoms with Crippen LogP contribution in [0.25, 0.3) is 0 Å². The molecule has 0 saturated carbocycles. The minimum Gasteiger partial charge on any atom is -0.387 e. The number of nitrogens with one attached hydrogen (secondary N) is 1. The summed E-state index contributed by atoms with van der Waals surface area (Å²) < 4.78 is 0. The summed E-state index contributed by atoms with van der Waals surface area (Å²) in [5, 5.41) is 7.72. The molecular weight excluding hydrogens is 160 g/mol. The Morgan fingerprint density at radius 2 is 2.09 bits per heavy atom. The topological polar surface area (TPSA) is 49.9 Å². The van der Waals surface area contributed by atoms with Gasteiger partial charge in [0.15, 0.2) is 0 Å². The van der Waals surface area contributed by atoms with Crippen molar-refractivity contribution in [3.8, 4) is 0 Å². The summed E-state index contributed by atoms with van der Waals surface area (Å²) in [6, 6.07) is 7.39. The molecular formula is C8H9ClN2. The van der Waals surface area contributed by atoms with Crippen LogP contribution in [0.4, 0.5) is 0 Å². The van der Waals surface area contributed by atoms with Gasteiger partial charge >= 0.3 is 0 Å². The molecule has 3 N–H and O–H groups in total. The van der Waals surface area contributed by atoms with Gasteiger partial charge in [-0.2, -0.15) is 0 Å². The van der Waals surface area contributed by atoms with Crippen LogP contribution in [0.15, 0.2) is 24.3 Å². The molecule has 58 valence electrons. The number of hydrogen-bond acceptors (Lipinski definition) is 1. The maximum absolute atomic E-state index is 7.05. The van der Waals surface area contributed by atoms with Gasteiger partial charge in [-0.15, -0.1) is 0 Å². The van der Waals surface area contributed by atoms with E-state index in [2.05, 4.69) is 0 Å². The first-order valence-electron chi connectivity index (χ1n) is 3.26. The third kappa shape index (κ3) is 2.24. The molecule has 0 heterocycles. The molecule has 0 aromatic heterocycles. The van der Waals surface area contributed by atoms with E-state index in [1.165, 1.54) is 0 Å². The Balaban J connectivity index is 2.86. The minimum atomic E-state index is 0.137.